The quantitative estimate of drug-likeness (QED) is 0.437. The molecule has 0 saturated carbocycles. The first kappa shape index (κ1) is 30.9. The molecule has 4 rings (SSSR count). The molecule has 1 aromatic carbocycles. The molecule has 0 radical (unpaired) electrons. The number of pyridine rings is 1. The minimum atomic E-state index is -5.08. The maximum atomic E-state index is 13.0. The summed E-state index contributed by atoms with van der Waals surface area (Å²) in [5, 5.41) is 16.5. The Bertz CT molecular complexity index is 1280. The Kier molecular flexibility index (Phi) is 10.2. The molecule has 40 heavy (non-hydrogen) atoms. The Morgan fingerprint density at radius 2 is 1.60 bits per heavy atom. The number of aromatic carboxylic acids is 1. The van der Waals surface area contributed by atoms with Crippen LogP contribution in [0.2, 0.25) is 0 Å². The fourth-order valence-electron chi connectivity index (χ4n) is 4.59. The molecule has 3 N–H and O–H groups in total. The van der Waals surface area contributed by atoms with Crippen LogP contribution in [-0.4, -0.2) is 86.0 Å². The summed E-state index contributed by atoms with van der Waals surface area (Å²) in [6, 6.07) is 7.88. The molecule has 11 nitrogen and oxygen atoms in total. The van der Waals surface area contributed by atoms with Crippen LogP contribution in [0.15, 0.2) is 41.4 Å². The van der Waals surface area contributed by atoms with Gasteiger partial charge in [-0.3, -0.25) is 4.72 Å². The molecular formula is C25H31F3N4O7S. The lowest BCUT2D eigenvalue weighted by molar-refractivity contribution is -0.192. The van der Waals surface area contributed by atoms with E-state index in [1.807, 2.05) is 4.90 Å². The second-order valence-electron chi connectivity index (χ2n) is 9.30. The van der Waals surface area contributed by atoms with Crippen LogP contribution in [0.1, 0.15) is 42.5 Å². The molecule has 2 saturated heterocycles. The predicted octanol–water partition coefficient (Wildman–Crippen LogP) is 3.68. The van der Waals surface area contributed by atoms with Crippen LogP contribution in [0.4, 0.5) is 24.7 Å². The number of aliphatic carboxylic acids is 1. The SMILES string of the molecule is COc1ccc(S(=O)(=O)Nc2cc(C(=O)O)cnc2N2CCC(N3CCCCC3)CC2)cc1.O=C(O)C(F)(F)F. The van der Waals surface area contributed by atoms with Crippen LogP contribution >= 0.6 is 0 Å². The molecule has 15 heteroatoms. The van der Waals surface area contributed by atoms with Gasteiger partial charge in [0.25, 0.3) is 10.0 Å². The molecular weight excluding hydrogens is 557 g/mol. The molecule has 2 aliphatic rings. The number of carboxylic acid groups (broad SMARTS) is 2. The highest BCUT2D eigenvalue weighted by atomic mass is 32.2. The van der Waals surface area contributed by atoms with E-state index in [-0.39, 0.29) is 16.1 Å². The first-order valence-electron chi connectivity index (χ1n) is 12.5. The molecule has 1 aromatic heterocycles. The Morgan fingerprint density at radius 1 is 1.02 bits per heavy atom. The number of ether oxygens (including phenoxy) is 1. The predicted molar refractivity (Wildman–Crippen MR) is 139 cm³/mol. The number of benzene rings is 1. The standard InChI is InChI=1S/C23H30N4O5S.C2HF3O2/c1-32-19-5-7-20(8-6-19)33(30,31)25-21-15-17(23(28)29)16-24-22(21)27-13-9-18(10-14-27)26-11-3-2-4-12-26;3-2(4,5)1(6)7/h5-8,15-16,18,25H,2-4,9-14H2,1H3,(H,28,29);(H,6,7). The summed E-state index contributed by atoms with van der Waals surface area (Å²) < 4.78 is 65.4. The number of nitrogens with one attached hydrogen (secondary N) is 1. The minimum absolute atomic E-state index is 0.0544. The number of hydrogen-bond donors (Lipinski definition) is 3. The number of methoxy groups -OCH3 is 1. The fraction of sp³-hybridized carbons (Fsp3) is 0.480. The smallest absolute Gasteiger partial charge is 0.490 e. The summed E-state index contributed by atoms with van der Waals surface area (Å²) in [6.07, 6.45) is 1.91. The van der Waals surface area contributed by atoms with Gasteiger partial charge in [-0.25, -0.2) is 23.0 Å². The highest BCUT2D eigenvalue weighted by Crippen LogP contribution is 2.31. The highest BCUT2D eigenvalue weighted by molar-refractivity contribution is 7.92. The van der Waals surface area contributed by atoms with Crippen molar-refractivity contribution in [2.24, 2.45) is 0 Å². The third-order valence-corrected chi connectivity index (χ3v) is 8.02. The Hall–Kier alpha value is -3.59. The minimum Gasteiger partial charge on any atom is -0.497 e. The van der Waals surface area contributed by atoms with Crippen molar-refractivity contribution in [1.82, 2.24) is 9.88 Å². The van der Waals surface area contributed by atoms with Gasteiger partial charge in [-0.15, -0.1) is 0 Å². The number of sulfonamides is 1. The molecule has 220 valence electrons. The highest BCUT2D eigenvalue weighted by Gasteiger charge is 2.38. The van der Waals surface area contributed by atoms with Gasteiger partial charge in [0.2, 0.25) is 0 Å². The third kappa shape index (κ3) is 8.21. The van der Waals surface area contributed by atoms with Crippen LogP contribution in [0.3, 0.4) is 0 Å². The third-order valence-electron chi connectivity index (χ3n) is 6.64. The molecule has 2 fully saturated rings. The largest absolute Gasteiger partial charge is 0.497 e. The molecule has 0 atom stereocenters. The number of rotatable bonds is 7. The zero-order valence-electron chi connectivity index (χ0n) is 21.7. The number of likely N-dealkylation sites (tertiary alicyclic amines) is 1. The van der Waals surface area contributed by atoms with Gasteiger partial charge in [-0.2, -0.15) is 13.2 Å². The van der Waals surface area contributed by atoms with E-state index in [2.05, 4.69) is 14.6 Å². The number of nitrogens with zero attached hydrogens (tertiary/aromatic N) is 3. The number of piperidine rings is 2. The first-order valence-corrected chi connectivity index (χ1v) is 14.0. The average molecular weight is 589 g/mol. The maximum Gasteiger partial charge on any atom is 0.490 e. The van der Waals surface area contributed by atoms with Gasteiger partial charge in [0.15, 0.2) is 5.82 Å². The lowest BCUT2D eigenvalue weighted by Gasteiger charge is -2.40. The van der Waals surface area contributed by atoms with Gasteiger partial charge in [-0.05, 0) is 69.1 Å². The number of alkyl halides is 3. The number of carboxylic acids is 2. The monoisotopic (exact) mass is 588 g/mol. The van der Waals surface area contributed by atoms with Crippen LogP contribution in [0.25, 0.3) is 0 Å². The number of carbonyl (C=O) groups is 2. The normalized spacial score (nSPS) is 16.9. The summed E-state index contributed by atoms with van der Waals surface area (Å²) in [6.45, 7) is 3.75. The van der Waals surface area contributed by atoms with E-state index in [9.17, 15) is 31.5 Å². The lowest BCUT2D eigenvalue weighted by atomic mass is 10.00. The van der Waals surface area contributed by atoms with Crippen LogP contribution in [0.5, 0.6) is 5.75 Å². The molecule has 3 heterocycles. The Labute approximate surface area is 229 Å². The topological polar surface area (TPSA) is 149 Å². The molecule has 2 aromatic rings. The summed E-state index contributed by atoms with van der Waals surface area (Å²) in [5.74, 6) is -2.93. The maximum absolute atomic E-state index is 13.0. The van der Waals surface area contributed by atoms with Crippen molar-refractivity contribution in [1.29, 1.82) is 0 Å². The van der Waals surface area contributed by atoms with Gasteiger partial charge in [0, 0.05) is 25.3 Å². The van der Waals surface area contributed by atoms with E-state index in [0.717, 1.165) is 39.0 Å². The zero-order valence-corrected chi connectivity index (χ0v) is 22.5. The van der Waals surface area contributed by atoms with Crippen molar-refractivity contribution in [3.05, 3.63) is 42.1 Å². The molecule has 0 unspecified atom stereocenters. The van der Waals surface area contributed by atoms with E-state index in [0.29, 0.717) is 17.6 Å². The van der Waals surface area contributed by atoms with Crippen molar-refractivity contribution in [3.8, 4) is 5.75 Å². The van der Waals surface area contributed by atoms with Crippen molar-refractivity contribution in [3.63, 3.8) is 0 Å². The lowest BCUT2D eigenvalue weighted by Crippen LogP contribution is -2.47. The summed E-state index contributed by atoms with van der Waals surface area (Å²) in [7, 11) is -2.44. The summed E-state index contributed by atoms with van der Waals surface area (Å²) in [4.78, 5) is 29.4. The number of anilines is 2. The first-order chi connectivity index (χ1) is 18.8. The zero-order chi connectivity index (χ0) is 29.5. The molecule has 0 amide bonds. The van der Waals surface area contributed by atoms with Crippen LogP contribution in [-0.2, 0) is 14.8 Å². The van der Waals surface area contributed by atoms with Crippen molar-refractivity contribution in [2.45, 2.75) is 49.2 Å². The average Bonchev–Trinajstić information content (AvgIpc) is 2.93. The molecule has 2 aliphatic heterocycles. The van der Waals surface area contributed by atoms with E-state index >= 15 is 0 Å². The Balaban J connectivity index is 0.000000559. The van der Waals surface area contributed by atoms with Gasteiger partial charge < -0.3 is 24.7 Å². The van der Waals surface area contributed by atoms with Gasteiger partial charge in [0.05, 0.1) is 23.3 Å². The Morgan fingerprint density at radius 3 is 2.10 bits per heavy atom. The van der Waals surface area contributed by atoms with E-state index in [1.54, 1.807) is 12.1 Å². The van der Waals surface area contributed by atoms with Crippen LogP contribution in [0, 0.1) is 0 Å². The fourth-order valence-corrected chi connectivity index (χ4v) is 5.64. The van der Waals surface area contributed by atoms with E-state index in [1.165, 1.54) is 50.8 Å². The molecule has 0 aliphatic carbocycles. The summed E-state index contributed by atoms with van der Waals surface area (Å²) >= 11 is 0. The number of halogens is 3. The van der Waals surface area contributed by atoms with Crippen molar-refractivity contribution >= 4 is 33.5 Å². The van der Waals surface area contributed by atoms with Crippen molar-refractivity contribution < 1.29 is 46.1 Å². The number of hydrogen-bond acceptors (Lipinski definition) is 8. The second kappa shape index (κ2) is 13.2. The second-order valence-corrected chi connectivity index (χ2v) is 11.0. The van der Waals surface area contributed by atoms with Gasteiger partial charge >= 0.3 is 18.1 Å². The van der Waals surface area contributed by atoms with E-state index < -0.39 is 28.1 Å². The molecule has 0 bridgehead atoms. The summed E-state index contributed by atoms with van der Waals surface area (Å²) in [5.41, 5.74) is 0.0940. The van der Waals surface area contributed by atoms with Crippen LogP contribution < -0.4 is 14.4 Å². The van der Waals surface area contributed by atoms with Gasteiger partial charge in [-0.1, -0.05) is 6.42 Å². The number of aromatic nitrogens is 1. The van der Waals surface area contributed by atoms with E-state index in [4.69, 9.17) is 14.6 Å². The van der Waals surface area contributed by atoms with Crippen molar-refractivity contribution in [2.75, 3.05) is 42.9 Å². The van der Waals surface area contributed by atoms with Gasteiger partial charge in [0.1, 0.15) is 5.75 Å². The molecule has 0 spiro atoms.